The quantitative estimate of drug-likeness (QED) is 0.132. The van der Waals surface area contributed by atoms with Gasteiger partial charge in [-0.25, -0.2) is 4.79 Å². The summed E-state index contributed by atoms with van der Waals surface area (Å²) in [6.07, 6.45) is 3.09. The fourth-order valence-corrected chi connectivity index (χ4v) is 5.89. The number of benzene rings is 4. The van der Waals surface area contributed by atoms with Crippen LogP contribution in [-0.2, 0) is 16.1 Å². The van der Waals surface area contributed by atoms with Crippen LogP contribution in [0, 0.1) is 5.92 Å². The highest BCUT2D eigenvalue weighted by atomic mass is 32.2. The molecule has 3 N–H and O–H groups in total. The zero-order valence-corrected chi connectivity index (χ0v) is 27.1. The van der Waals surface area contributed by atoms with Crippen molar-refractivity contribution in [3.05, 3.63) is 108 Å². The lowest BCUT2D eigenvalue weighted by Gasteiger charge is -2.31. The van der Waals surface area contributed by atoms with E-state index >= 15 is 0 Å². The van der Waals surface area contributed by atoms with E-state index in [1.54, 1.807) is 11.8 Å². The zero-order valence-electron chi connectivity index (χ0n) is 26.2. The lowest BCUT2D eigenvalue weighted by molar-refractivity contribution is -0.142. The Bertz CT molecular complexity index is 1560. The second kappa shape index (κ2) is 16.8. The Morgan fingerprint density at radius 3 is 2.20 bits per heavy atom. The smallest absolute Gasteiger partial charge is 0.326 e. The lowest BCUT2D eigenvalue weighted by atomic mass is 9.97. The monoisotopic (exact) mass is 625 g/mol. The number of nitrogens with zero attached hydrogens (tertiary/aromatic N) is 1. The molecule has 4 aromatic carbocycles. The number of aliphatic carboxylic acids is 1. The SMILES string of the molecule is CCC(C)C(CN(CC(=O)NC(CCSC)C(=O)O)Cc1cccc2ccccc12)NC(=O)c1ccc(-c2ccccc2)cc1. The van der Waals surface area contributed by atoms with Crippen LogP contribution in [0.5, 0.6) is 0 Å². The molecule has 0 aliphatic carbocycles. The average Bonchev–Trinajstić information content (AvgIpc) is 3.06. The zero-order chi connectivity index (χ0) is 32.2. The van der Waals surface area contributed by atoms with Crippen LogP contribution < -0.4 is 10.6 Å². The van der Waals surface area contributed by atoms with Gasteiger partial charge >= 0.3 is 5.97 Å². The van der Waals surface area contributed by atoms with E-state index in [9.17, 15) is 19.5 Å². The molecule has 0 bridgehead atoms. The topological polar surface area (TPSA) is 98.7 Å². The first kappa shape index (κ1) is 33.7. The van der Waals surface area contributed by atoms with Crippen LogP contribution in [0.25, 0.3) is 21.9 Å². The van der Waals surface area contributed by atoms with Gasteiger partial charge in [0.1, 0.15) is 6.04 Å². The largest absolute Gasteiger partial charge is 0.480 e. The van der Waals surface area contributed by atoms with Crippen molar-refractivity contribution < 1.29 is 19.5 Å². The summed E-state index contributed by atoms with van der Waals surface area (Å²) >= 11 is 1.54. The molecule has 4 aromatic rings. The predicted octanol–water partition coefficient (Wildman–Crippen LogP) is 6.48. The number of hydrogen-bond donors (Lipinski definition) is 3. The van der Waals surface area contributed by atoms with Crippen molar-refractivity contribution in [2.24, 2.45) is 5.92 Å². The minimum Gasteiger partial charge on any atom is -0.480 e. The van der Waals surface area contributed by atoms with Crippen molar-refractivity contribution in [2.75, 3.05) is 25.1 Å². The lowest BCUT2D eigenvalue weighted by Crippen LogP contribution is -2.51. The third-order valence-electron chi connectivity index (χ3n) is 8.24. The maximum absolute atomic E-state index is 13.5. The van der Waals surface area contributed by atoms with Crippen molar-refractivity contribution in [1.82, 2.24) is 15.5 Å². The third-order valence-corrected chi connectivity index (χ3v) is 8.89. The number of rotatable bonds is 16. The summed E-state index contributed by atoms with van der Waals surface area (Å²) in [5.41, 5.74) is 3.75. The van der Waals surface area contributed by atoms with E-state index in [4.69, 9.17) is 0 Å². The van der Waals surface area contributed by atoms with Crippen molar-refractivity contribution >= 4 is 40.3 Å². The number of carbonyl (C=O) groups excluding carboxylic acids is 2. The van der Waals surface area contributed by atoms with Gasteiger partial charge in [-0.3, -0.25) is 14.5 Å². The summed E-state index contributed by atoms with van der Waals surface area (Å²) in [6.45, 7) is 5.07. The molecule has 0 heterocycles. The maximum Gasteiger partial charge on any atom is 0.326 e. The molecular weight excluding hydrogens is 582 g/mol. The molecule has 7 nitrogen and oxygen atoms in total. The molecule has 4 rings (SSSR count). The van der Waals surface area contributed by atoms with Gasteiger partial charge in [0.25, 0.3) is 5.91 Å². The standard InChI is InChI=1S/C37H43N3O4S/c1-4-26(2)34(39-36(42)30-19-17-28(18-20-30)27-11-6-5-7-12-27)24-40(25-35(41)38-33(37(43)44)21-22-45-3)23-31-15-10-14-29-13-8-9-16-32(29)31/h5-20,26,33-34H,4,21-25H2,1-3H3,(H,38,41)(H,39,42)(H,43,44). The van der Waals surface area contributed by atoms with E-state index in [-0.39, 0.29) is 30.3 Å². The normalized spacial score (nSPS) is 13.2. The van der Waals surface area contributed by atoms with E-state index < -0.39 is 12.0 Å². The van der Waals surface area contributed by atoms with Crippen molar-refractivity contribution in [1.29, 1.82) is 0 Å². The van der Waals surface area contributed by atoms with Crippen LogP contribution in [0.2, 0.25) is 0 Å². The third kappa shape index (κ3) is 9.67. The van der Waals surface area contributed by atoms with Crippen LogP contribution in [0.1, 0.15) is 42.6 Å². The minimum absolute atomic E-state index is 0.000840. The fourth-order valence-electron chi connectivity index (χ4n) is 5.42. The molecule has 8 heteroatoms. The first-order valence-electron chi connectivity index (χ1n) is 15.5. The van der Waals surface area contributed by atoms with Gasteiger partial charge in [-0.2, -0.15) is 11.8 Å². The summed E-state index contributed by atoms with van der Waals surface area (Å²) in [5.74, 6) is -0.803. The molecule has 3 unspecified atom stereocenters. The van der Waals surface area contributed by atoms with Gasteiger partial charge in [-0.15, -0.1) is 0 Å². The molecule has 0 saturated carbocycles. The van der Waals surface area contributed by atoms with Gasteiger partial charge in [0.2, 0.25) is 5.91 Å². The van der Waals surface area contributed by atoms with Gasteiger partial charge in [-0.1, -0.05) is 105 Å². The average molecular weight is 626 g/mol. The molecule has 0 radical (unpaired) electrons. The summed E-state index contributed by atoms with van der Waals surface area (Å²) in [4.78, 5) is 40.6. The summed E-state index contributed by atoms with van der Waals surface area (Å²) in [6, 6.07) is 30.7. The van der Waals surface area contributed by atoms with Gasteiger partial charge in [-0.05, 0) is 63.9 Å². The Kier molecular flexibility index (Phi) is 12.6. The number of amides is 2. The summed E-state index contributed by atoms with van der Waals surface area (Å²) in [7, 11) is 0. The van der Waals surface area contributed by atoms with E-state index in [1.807, 2.05) is 84.0 Å². The van der Waals surface area contributed by atoms with Gasteiger partial charge in [0.05, 0.1) is 6.54 Å². The van der Waals surface area contributed by atoms with Gasteiger partial charge in [0, 0.05) is 24.7 Å². The highest BCUT2D eigenvalue weighted by Crippen LogP contribution is 2.22. The molecule has 236 valence electrons. The second-order valence-electron chi connectivity index (χ2n) is 11.5. The van der Waals surface area contributed by atoms with Crippen LogP contribution in [-0.4, -0.2) is 65.0 Å². The molecule has 0 spiro atoms. The van der Waals surface area contributed by atoms with Crippen LogP contribution >= 0.6 is 11.8 Å². The number of carboxylic acid groups (broad SMARTS) is 1. The molecular formula is C37H43N3O4S. The first-order valence-corrected chi connectivity index (χ1v) is 16.8. The highest BCUT2D eigenvalue weighted by Gasteiger charge is 2.26. The van der Waals surface area contributed by atoms with Crippen LogP contribution in [0.3, 0.4) is 0 Å². The Balaban J connectivity index is 1.55. The number of nitrogens with one attached hydrogen (secondary N) is 2. The van der Waals surface area contributed by atoms with Crippen LogP contribution in [0.15, 0.2) is 97.1 Å². The summed E-state index contributed by atoms with van der Waals surface area (Å²) in [5, 5.41) is 17.9. The van der Waals surface area contributed by atoms with E-state index in [0.717, 1.165) is 33.9 Å². The Morgan fingerprint density at radius 2 is 1.51 bits per heavy atom. The van der Waals surface area contributed by atoms with E-state index in [1.165, 1.54) is 0 Å². The van der Waals surface area contributed by atoms with Gasteiger partial charge in [0.15, 0.2) is 0 Å². The summed E-state index contributed by atoms with van der Waals surface area (Å²) < 4.78 is 0. The van der Waals surface area contributed by atoms with Crippen LogP contribution in [0.4, 0.5) is 0 Å². The molecule has 0 saturated heterocycles. The van der Waals surface area contributed by atoms with Crippen molar-refractivity contribution in [3.8, 4) is 11.1 Å². The van der Waals surface area contributed by atoms with E-state index in [0.29, 0.717) is 30.8 Å². The number of fused-ring (bicyclic) bond motifs is 1. The van der Waals surface area contributed by atoms with E-state index in [2.05, 4.69) is 48.7 Å². The highest BCUT2D eigenvalue weighted by molar-refractivity contribution is 7.98. The predicted molar refractivity (Wildman–Crippen MR) is 184 cm³/mol. The molecule has 45 heavy (non-hydrogen) atoms. The molecule has 0 aliphatic heterocycles. The molecule has 0 fully saturated rings. The van der Waals surface area contributed by atoms with Crippen molar-refractivity contribution in [2.45, 2.75) is 45.3 Å². The Hall–Kier alpha value is -4.14. The second-order valence-corrected chi connectivity index (χ2v) is 12.4. The Labute approximate surface area is 270 Å². The molecule has 0 aromatic heterocycles. The molecule has 0 aliphatic rings. The fraction of sp³-hybridized carbons (Fsp3) is 0.324. The number of thioether (sulfide) groups is 1. The Morgan fingerprint density at radius 1 is 0.844 bits per heavy atom. The molecule has 3 atom stereocenters. The number of carbonyl (C=O) groups is 3. The van der Waals surface area contributed by atoms with Gasteiger partial charge < -0.3 is 15.7 Å². The first-order chi connectivity index (χ1) is 21.8. The minimum atomic E-state index is -1.04. The maximum atomic E-state index is 13.5. The van der Waals surface area contributed by atoms with Crippen molar-refractivity contribution in [3.63, 3.8) is 0 Å². The molecule has 2 amide bonds. The number of carboxylic acids is 1. The number of hydrogen-bond acceptors (Lipinski definition) is 5.